The van der Waals surface area contributed by atoms with Crippen molar-refractivity contribution in [3.63, 3.8) is 0 Å². The van der Waals surface area contributed by atoms with Gasteiger partial charge in [-0.3, -0.25) is 0 Å². The molecule has 0 spiro atoms. The summed E-state index contributed by atoms with van der Waals surface area (Å²) in [5.41, 5.74) is 12.9. The van der Waals surface area contributed by atoms with Crippen molar-refractivity contribution in [3.05, 3.63) is 204 Å². The van der Waals surface area contributed by atoms with E-state index in [4.69, 9.17) is 12.6 Å². The third-order valence-corrected chi connectivity index (χ3v) is 15.4. The van der Waals surface area contributed by atoms with E-state index < -0.39 is 43.0 Å². The molecule has 0 radical (unpaired) electrons. The number of nitrogens with zero attached hydrogens (tertiary/aromatic N) is 3. The summed E-state index contributed by atoms with van der Waals surface area (Å²) in [6.45, 7) is 21.8. The molecule has 1 aliphatic carbocycles. The van der Waals surface area contributed by atoms with Crippen LogP contribution in [0.2, 0.25) is 0 Å². The smallest absolute Gasteiger partial charge is 0.297 e. The average molecular weight is 936 g/mol. The van der Waals surface area contributed by atoms with Crippen molar-refractivity contribution in [2.45, 2.75) is 104 Å². The zero-order chi connectivity index (χ0) is 57.9. The number of hydrogen-bond donors (Lipinski definition) is 0. The van der Waals surface area contributed by atoms with Gasteiger partial charge in [0, 0.05) is 45.1 Å². The Kier molecular flexibility index (Phi) is 7.95. The number of para-hydroxylation sites is 3. The molecule has 3 heterocycles. The molecule has 0 unspecified atom stereocenters. The van der Waals surface area contributed by atoms with E-state index in [1.54, 1.807) is 4.90 Å². The number of benzene rings is 8. The maximum Gasteiger partial charge on any atom is 0.297 e. The second-order valence-electron chi connectivity index (χ2n) is 23.0. The Labute approximate surface area is 435 Å². The summed E-state index contributed by atoms with van der Waals surface area (Å²) in [4.78, 5) is 6.18. The molecule has 352 valence electrons. The average Bonchev–Trinajstić information content (AvgIpc) is 3.67. The quantitative estimate of drug-likeness (QED) is 0.155. The molecule has 12 rings (SSSR count). The Bertz CT molecular complexity index is 4060. The fourth-order valence-electron chi connectivity index (χ4n) is 11.4. The van der Waals surface area contributed by atoms with Crippen LogP contribution in [0.25, 0.3) is 22.1 Å². The molecule has 2 aliphatic heterocycles. The van der Waals surface area contributed by atoms with Crippen molar-refractivity contribution >= 4 is 85.5 Å². The van der Waals surface area contributed by atoms with Gasteiger partial charge in [0.05, 0.1) is 36.4 Å². The maximum atomic E-state index is 9.59. The Balaban J connectivity index is 1.31. The molecular weight excluding hydrogens is 862 g/mol. The van der Waals surface area contributed by atoms with Crippen molar-refractivity contribution in [1.29, 1.82) is 0 Å². The zero-order valence-corrected chi connectivity index (χ0v) is 42.3. The maximum absolute atomic E-state index is 9.59. The molecule has 0 bridgehead atoms. The number of fused-ring (bicyclic) bond motifs is 7. The fourth-order valence-corrected chi connectivity index (χ4v) is 11.4. The van der Waals surface area contributed by atoms with E-state index in [1.165, 1.54) is 11.1 Å². The summed E-state index contributed by atoms with van der Waals surface area (Å²) in [5.74, 6) is 0. The molecule has 0 N–H and O–H groups in total. The van der Waals surface area contributed by atoms with Gasteiger partial charge in [-0.15, -0.1) is 0 Å². The van der Waals surface area contributed by atoms with Crippen molar-refractivity contribution in [1.82, 2.24) is 0 Å². The first-order chi connectivity index (χ1) is 38.1. The van der Waals surface area contributed by atoms with Crippen LogP contribution in [-0.4, -0.2) is 6.71 Å². The van der Waals surface area contributed by atoms with Crippen molar-refractivity contribution < 1.29 is 18.1 Å². The highest BCUT2D eigenvalue weighted by Crippen LogP contribution is 2.54. The fraction of sp³-hybridized carbons (Fsp3) is 0.242. The van der Waals surface area contributed by atoms with Gasteiger partial charge in [0.1, 0.15) is 5.58 Å². The molecular formula is C66H64BN3O. The van der Waals surface area contributed by atoms with Gasteiger partial charge in [-0.1, -0.05) is 178 Å². The van der Waals surface area contributed by atoms with Crippen LogP contribution in [0.1, 0.15) is 118 Å². The Morgan fingerprint density at radius 2 is 1.14 bits per heavy atom. The van der Waals surface area contributed by atoms with Crippen LogP contribution in [0.3, 0.4) is 0 Å². The molecule has 4 nitrogen and oxygen atoms in total. The predicted molar refractivity (Wildman–Crippen MR) is 303 cm³/mol. The molecule has 0 saturated carbocycles. The van der Waals surface area contributed by atoms with Gasteiger partial charge in [-0.2, -0.15) is 0 Å². The van der Waals surface area contributed by atoms with Crippen LogP contribution in [0.5, 0.6) is 0 Å². The van der Waals surface area contributed by atoms with E-state index >= 15 is 0 Å². The van der Waals surface area contributed by atoms with Gasteiger partial charge in [-0.05, 0) is 146 Å². The zero-order valence-electron chi connectivity index (χ0n) is 52.3. The first kappa shape index (κ1) is 35.0. The number of anilines is 9. The van der Waals surface area contributed by atoms with Crippen LogP contribution in [0, 0.1) is 0 Å². The third kappa shape index (κ3) is 7.33. The molecule has 1 aromatic heterocycles. The van der Waals surface area contributed by atoms with Gasteiger partial charge in [0.15, 0.2) is 0 Å². The first-order valence-electron chi connectivity index (χ1n) is 29.9. The minimum absolute atomic E-state index is 0.0441. The molecule has 5 heteroatoms. The number of hydrogen-bond acceptors (Lipinski definition) is 4. The van der Waals surface area contributed by atoms with Crippen molar-refractivity contribution in [3.8, 4) is 11.1 Å². The van der Waals surface area contributed by atoms with E-state index in [1.807, 2.05) is 60.7 Å². The van der Waals surface area contributed by atoms with Gasteiger partial charge in [-0.25, -0.2) is 0 Å². The van der Waals surface area contributed by atoms with Crippen LogP contribution in [0.15, 0.2) is 186 Å². The van der Waals surface area contributed by atoms with Gasteiger partial charge >= 0.3 is 0 Å². The molecule has 3 aliphatic rings. The summed E-state index contributed by atoms with van der Waals surface area (Å²) in [7, 11) is 0. The SMILES string of the molecule is [2H]c1c([2H])c([2H])c(-c2ccccc2N2c3cc4c(cc3B3c5oc6ccc(C(C)(C)C)cc6c5N(c5ccc(C(C)(C)C)cc5)c5cc(N(c6ccccc6)c6c([2H])c([2H])c([2H])c([2H])c6[2H])cc2c53)C(C)(C)CCC4(C)C)c([2H])c1[2H]. The lowest BCUT2D eigenvalue weighted by atomic mass is 9.35. The summed E-state index contributed by atoms with van der Waals surface area (Å²) in [6, 6.07) is 36.4. The molecule has 8 aromatic carbocycles. The summed E-state index contributed by atoms with van der Waals surface area (Å²) in [6.07, 6.45) is 1.88. The first-order valence-corrected chi connectivity index (χ1v) is 24.9. The van der Waals surface area contributed by atoms with E-state index in [2.05, 4.69) is 140 Å². The summed E-state index contributed by atoms with van der Waals surface area (Å²) in [5, 5.41) is 0.912. The lowest BCUT2D eigenvalue weighted by Gasteiger charge is -2.47. The topological polar surface area (TPSA) is 22.9 Å². The third-order valence-electron chi connectivity index (χ3n) is 15.4. The second-order valence-corrected chi connectivity index (χ2v) is 23.0. The highest BCUT2D eigenvalue weighted by atomic mass is 16.3. The number of rotatable bonds is 6. The van der Waals surface area contributed by atoms with Gasteiger partial charge < -0.3 is 19.1 Å². The molecule has 0 fully saturated rings. The highest BCUT2D eigenvalue weighted by molar-refractivity contribution is 7.00. The van der Waals surface area contributed by atoms with Gasteiger partial charge in [0.25, 0.3) is 6.71 Å². The molecule has 0 amide bonds. The van der Waals surface area contributed by atoms with E-state index in [-0.39, 0.29) is 57.1 Å². The van der Waals surface area contributed by atoms with Crippen LogP contribution < -0.4 is 31.3 Å². The monoisotopic (exact) mass is 936 g/mol. The molecule has 0 saturated heterocycles. The minimum atomic E-state index is -0.550. The Hall–Kier alpha value is -7.24. The van der Waals surface area contributed by atoms with Gasteiger partial charge in [0.2, 0.25) is 0 Å². The van der Waals surface area contributed by atoms with E-state index in [9.17, 15) is 5.48 Å². The number of furan rings is 1. The normalized spacial score (nSPS) is 17.5. The molecule has 9 aromatic rings. The second kappa shape index (κ2) is 16.1. The lowest BCUT2D eigenvalue weighted by molar-refractivity contribution is 0.332. The largest absolute Gasteiger partial charge is 0.468 e. The van der Waals surface area contributed by atoms with Crippen molar-refractivity contribution in [2.24, 2.45) is 0 Å². The minimum Gasteiger partial charge on any atom is -0.468 e. The molecule has 71 heavy (non-hydrogen) atoms. The lowest BCUT2D eigenvalue weighted by Crippen LogP contribution is -2.61. The standard InChI is InChI=1S/C66H64BN3O/c1-63(2,3)44-30-33-48(34-31-44)69-57-39-49(68(46-24-16-12-17-25-46)47-26-18-13-19-27-47)40-58-60(57)67(62-61(69)51-38-45(64(4,5)6)32-35-59(51)71-62)54-41-52-53(66(9,10)37-36-65(52,7)8)42-56(54)70(58)55-29-21-20-28-50(55)43-22-14-11-15-23-43/h11-35,38-42H,36-37H2,1-10H3/i11D,12D,14D,15D,16D,17D,22D,23D,24D,25D. The molecule has 0 atom stereocenters. The highest BCUT2D eigenvalue weighted by Gasteiger charge is 2.49. The summed E-state index contributed by atoms with van der Waals surface area (Å²) >= 11 is 0. The Morgan fingerprint density at radius 3 is 1.80 bits per heavy atom. The Morgan fingerprint density at radius 1 is 0.549 bits per heavy atom. The van der Waals surface area contributed by atoms with E-state index in [0.717, 1.165) is 68.7 Å². The van der Waals surface area contributed by atoms with Crippen molar-refractivity contribution in [2.75, 3.05) is 14.7 Å². The summed E-state index contributed by atoms with van der Waals surface area (Å²) < 4.78 is 98.8. The van der Waals surface area contributed by atoms with Crippen LogP contribution in [-0.2, 0) is 21.7 Å². The van der Waals surface area contributed by atoms with Crippen LogP contribution in [0.4, 0.5) is 51.2 Å². The predicted octanol–water partition coefficient (Wildman–Crippen LogP) is 16.6. The van der Waals surface area contributed by atoms with E-state index in [0.29, 0.717) is 33.9 Å². The van der Waals surface area contributed by atoms with Crippen LogP contribution >= 0.6 is 0 Å².